The van der Waals surface area contributed by atoms with E-state index in [0.717, 1.165) is 43.4 Å². The molecule has 0 amide bonds. The molecule has 0 aliphatic heterocycles. The molecule has 0 saturated carbocycles. The molecule has 0 fully saturated rings. The first kappa shape index (κ1) is 27.2. The van der Waals surface area contributed by atoms with Crippen molar-refractivity contribution >= 4 is 29.2 Å². The maximum Gasteiger partial charge on any atom is 0.300 e. The Morgan fingerprint density at radius 2 is 1.83 bits per heavy atom. The van der Waals surface area contributed by atoms with Crippen LogP contribution in [-0.4, -0.2) is 51.6 Å². The highest BCUT2D eigenvalue weighted by molar-refractivity contribution is 6.10. The molecule has 0 atom stereocenters. The Balaban J connectivity index is 0.00000100. The Kier molecular flexibility index (Phi) is 10.6. The van der Waals surface area contributed by atoms with Gasteiger partial charge in [-0.05, 0) is 61.0 Å². The van der Waals surface area contributed by atoms with Crippen LogP contribution in [0.3, 0.4) is 0 Å². The molecule has 0 unspecified atom stereocenters. The van der Waals surface area contributed by atoms with Crippen LogP contribution in [0.25, 0.3) is 0 Å². The number of rotatable bonds is 11. The second-order valence-corrected chi connectivity index (χ2v) is 7.64. The van der Waals surface area contributed by atoms with Crippen molar-refractivity contribution in [2.75, 3.05) is 30.7 Å². The van der Waals surface area contributed by atoms with Crippen LogP contribution in [0.1, 0.15) is 48.8 Å². The monoisotopic (exact) mass is 483 g/mol. The maximum atomic E-state index is 12.9. The number of hydrogen-bond acceptors (Lipinski definition) is 8. The van der Waals surface area contributed by atoms with Gasteiger partial charge in [0.05, 0.1) is 0 Å². The number of aryl methyl sites for hydroxylation is 1. The van der Waals surface area contributed by atoms with Gasteiger partial charge in [0.25, 0.3) is 5.97 Å². The van der Waals surface area contributed by atoms with E-state index in [2.05, 4.69) is 27.5 Å². The van der Waals surface area contributed by atoms with Crippen LogP contribution in [0.15, 0.2) is 42.5 Å². The third-order valence-corrected chi connectivity index (χ3v) is 4.73. The predicted octanol–water partition coefficient (Wildman–Crippen LogP) is 3.70. The fourth-order valence-electron chi connectivity index (χ4n) is 3.15. The smallest absolute Gasteiger partial charge is 0.300 e. The van der Waals surface area contributed by atoms with Crippen molar-refractivity contribution in [3.63, 3.8) is 0 Å². The van der Waals surface area contributed by atoms with Crippen LogP contribution in [0.5, 0.6) is 11.5 Å². The van der Waals surface area contributed by atoms with Gasteiger partial charge in [0.1, 0.15) is 23.8 Å². The largest absolute Gasteiger partial charge is 0.508 e. The summed E-state index contributed by atoms with van der Waals surface area (Å²) in [6, 6.07) is 12.3. The number of hydrogen-bond donors (Lipinski definition) is 6. The van der Waals surface area contributed by atoms with Crippen LogP contribution in [0.2, 0.25) is 0 Å². The molecule has 35 heavy (non-hydrogen) atoms. The first-order chi connectivity index (χ1) is 16.7. The van der Waals surface area contributed by atoms with Gasteiger partial charge in [-0.25, -0.2) is 0 Å². The number of nitrogens with one attached hydrogen (secondary N) is 3. The highest BCUT2D eigenvalue weighted by Gasteiger charge is 2.18. The number of aliphatic carboxylic acids is 1. The van der Waals surface area contributed by atoms with Crippen molar-refractivity contribution in [2.45, 2.75) is 33.6 Å². The number of nitrogens with zero attached hydrogens (tertiary/aromatic N) is 1. The lowest BCUT2D eigenvalue weighted by Gasteiger charge is -2.08. The number of imidazole rings is 1. The molecule has 10 heteroatoms. The zero-order valence-corrected chi connectivity index (χ0v) is 20.2. The number of carboxylic acids is 1. The van der Waals surface area contributed by atoms with E-state index >= 15 is 0 Å². The summed E-state index contributed by atoms with van der Waals surface area (Å²) in [5, 5.41) is 23.7. The molecule has 188 valence electrons. The van der Waals surface area contributed by atoms with Crippen LogP contribution in [0, 0.1) is 0 Å². The second-order valence-electron chi connectivity index (χ2n) is 7.64. The van der Waals surface area contributed by atoms with Gasteiger partial charge in [-0.15, -0.1) is 0 Å². The summed E-state index contributed by atoms with van der Waals surface area (Å²) in [7, 11) is 0. The van der Waals surface area contributed by atoms with Crippen molar-refractivity contribution in [3.8, 4) is 11.5 Å². The molecule has 2 aromatic carbocycles. The quantitative estimate of drug-likeness (QED) is 0.176. The number of likely N-dealkylation sites (N-methyl/N-ethyl adjacent to an activating group) is 1. The molecule has 7 N–H and O–H groups in total. The van der Waals surface area contributed by atoms with Crippen LogP contribution in [-0.2, 0) is 11.2 Å². The summed E-state index contributed by atoms with van der Waals surface area (Å²) in [4.78, 5) is 29.1. The average Bonchev–Trinajstić information content (AvgIpc) is 3.18. The van der Waals surface area contributed by atoms with E-state index in [-0.39, 0.29) is 23.0 Å². The number of carbonyl (C=O) groups excluding carboxylic acids is 1. The molecule has 3 aromatic rings. The van der Waals surface area contributed by atoms with E-state index in [1.54, 1.807) is 12.1 Å². The van der Waals surface area contributed by atoms with Gasteiger partial charge in [0, 0.05) is 24.7 Å². The molecule has 10 nitrogen and oxygen atoms in total. The second kappa shape index (κ2) is 13.6. The third kappa shape index (κ3) is 8.67. The predicted molar refractivity (Wildman–Crippen MR) is 136 cm³/mol. The molecule has 1 heterocycles. The summed E-state index contributed by atoms with van der Waals surface area (Å²) in [5.41, 5.74) is 8.15. The Morgan fingerprint density at radius 3 is 2.46 bits per heavy atom. The number of aromatic nitrogens is 2. The fourth-order valence-corrected chi connectivity index (χ4v) is 3.15. The van der Waals surface area contributed by atoms with E-state index in [0.29, 0.717) is 24.5 Å². The van der Waals surface area contributed by atoms with Crippen molar-refractivity contribution < 1.29 is 24.5 Å². The lowest BCUT2D eigenvalue weighted by Crippen LogP contribution is -2.20. The lowest BCUT2D eigenvalue weighted by molar-refractivity contribution is -0.134. The molecule has 1 aromatic heterocycles. The normalized spacial score (nSPS) is 10.3. The lowest BCUT2D eigenvalue weighted by atomic mass is 10.0. The molecule has 0 saturated heterocycles. The van der Waals surface area contributed by atoms with Gasteiger partial charge in [0.2, 0.25) is 11.7 Å². The van der Waals surface area contributed by atoms with Crippen molar-refractivity contribution in [3.05, 3.63) is 59.3 Å². The van der Waals surface area contributed by atoms with Crippen LogP contribution >= 0.6 is 0 Å². The Bertz CT molecular complexity index is 1110. The van der Waals surface area contributed by atoms with Gasteiger partial charge < -0.3 is 36.3 Å². The van der Waals surface area contributed by atoms with E-state index in [1.165, 1.54) is 6.07 Å². The highest BCUT2D eigenvalue weighted by Crippen LogP contribution is 2.25. The number of carbonyl (C=O) groups is 2. The molecule has 0 aliphatic rings. The molecular weight excluding hydrogens is 450 g/mol. The van der Waals surface area contributed by atoms with E-state index in [4.69, 9.17) is 20.4 Å². The van der Waals surface area contributed by atoms with Crippen molar-refractivity contribution in [1.82, 2.24) is 15.3 Å². The SMILES string of the molecule is CC(=O)O.CCCc1cc(C(=O)c2[nH]c(Nc3ccc(OCCNCC)cc3)nc2N)ccc1O. The van der Waals surface area contributed by atoms with Gasteiger partial charge >= 0.3 is 0 Å². The molecule has 0 radical (unpaired) electrons. The number of benzene rings is 2. The number of ketones is 1. The fraction of sp³-hybridized carbons (Fsp3) is 0.320. The number of phenolic OH excluding ortho intramolecular Hbond substituents is 1. The number of H-pyrrole nitrogens is 1. The Hall–Kier alpha value is -4.05. The number of carboxylic acid groups (broad SMARTS) is 1. The summed E-state index contributed by atoms with van der Waals surface area (Å²) in [6.45, 7) is 7.45. The summed E-state index contributed by atoms with van der Waals surface area (Å²) in [6.07, 6.45) is 1.55. The summed E-state index contributed by atoms with van der Waals surface area (Å²) < 4.78 is 5.66. The first-order valence-corrected chi connectivity index (χ1v) is 11.4. The zero-order valence-electron chi connectivity index (χ0n) is 20.2. The van der Waals surface area contributed by atoms with Gasteiger partial charge in [-0.3, -0.25) is 9.59 Å². The molecule has 0 bridgehead atoms. The number of anilines is 3. The van der Waals surface area contributed by atoms with Crippen LogP contribution in [0.4, 0.5) is 17.5 Å². The minimum absolute atomic E-state index is 0.112. The zero-order chi connectivity index (χ0) is 25.8. The molecule has 0 spiro atoms. The number of aromatic hydroxyl groups is 1. The van der Waals surface area contributed by atoms with E-state index in [9.17, 15) is 9.90 Å². The number of nitrogen functional groups attached to an aromatic ring is 1. The summed E-state index contributed by atoms with van der Waals surface area (Å²) >= 11 is 0. The average molecular weight is 484 g/mol. The van der Waals surface area contributed by atoms with Gasteiger partial charge in [-0.1, -0.05) is 20.3 Å². The molecule has 3 rings (SSSR count). The highest BCUT2D eigenvalue weighted by atomic mass is 16.5. The minimum Gasteiger partial charge on any atom is -0.508 e. The topological polar surface area (TPSA) is 163 Å². The van der Waals surface area contributed by atoms with Gasteiger partial charge in [0.15, 0.2) is 5.82 Å². The van der Waals surface area contributed by atoms with E-state index < -0.39 is 5.97 Å². The van der Waals surface area contributed by atoms with Crippen LogP contribution < -0.4 is 21.1 Å². The van der Waals surface area contributed by atoms with E-state index in [1.807, 2.05) is 31.2 Å². The Labute approximate surface area is 204 Å². The van der Waals surface area contributed by atoms with Crippen molar-refractivity contribution in [1.29, 1.82) is 0 Å². The standard InChI is InChI=1S/C23H29N5O3.C2H4O2/c1-3-5-15-14-16(6-11-19(15)29)21(30)20-22(24)28-23(27-20)26-17-7-9-18(10-8-17)31-13-12-25-4-2;1-2(3)4/h6-11,14,25,29H,3-5,12-13,24H2,1-2H3,(H2,26,27,28);1H3,(H,3,4). The summed E-state index contributed by atoms with van der Waals surface area (Å²) in [5.74, 6) is 0.330. The van der Waals surface area contributed by atoms with Gasteiger partial charge in [-0.2, -0.15) is 4.98 Å². The number of aromatic amines is 1. The molecular formula is C25H33N5O5. The van der Waals surface area contributed by atoms with Crippen molar-refractivity contribution in [2.24, 2.45) is 0 Å². The third-order valence-electron chi connectivity index (χ3n) is 4.73. The number of phenols is 1. The number of ether oxygens (including phenoxy) is 1. The minimum atomic E-state index is -0.833. The first-order valence-electron chi connectivity index (χ1n) is 11.4. The molecule has 0 aliphatic carbocycles. The number of nitrogens with two attached hydrogens (primary N) is 1. The Morgan fingerprint density at radius 1 is 1.14 bits per heavy atom. The maximum absolute atomic E-state index is 12.9.